The van der Waals surface area contributed by atoms with Crippen LogP contribution in [0.2, 0.25) is 5.02 Å². The Bertz CT molecular complexity index is 893. The van der Waals surface area contributed by atoms with Crippen molar-refractivity contribution < 1.29 is 9.21 Å². The number of aromatic nitrogens is 1. The third-order valence-electron chi connectivity index (χ3n) is 3.98. The van der Waals surface area contributed by atoms with E-state index < -0.39 is 0 Å². The first-order valence-corrected chi connectivity index (χ1v) is 9.44. The van der Waals surface area contributed by atoms with Crippen LogP contribution in [0, 0.1) is 0 Å². The summed E-state index contributed by atoms with van der Waals surface area (Å²) < 4.78 is 6.73. The average Bonchev–Trinajstić information content (AvgIpc) is 3.09. The average molecular weight is 434 g/mol. The number of halogens is 2. The van der Waals surface area contributed by atoms with Gasteiger partial charge in [-0.25, -0.2) is 4.98 Å². The lowest BCUT2D eigenvalue weighted by Crippen LogP contribution is -2.26. The van der Waals surface area contributed by atoms with Crippen molar-refractivity contribution in [2.24, 2.45) is 0 Å². The fourth-order valence-electron chi connectivity index (χ4n) is 2.57. The number of oxazole rings is 1. The highest BCUT2D eigenvalue weighted by Crippen LogP contribution is 2.24. The number of hydrogen-bond acceptors (Lipinski definition) is 3. The van der Waals surface area contributed by atoms with Gasteiger partial charge in [-0.2, -0.15) is 0 Å². The molecule has 0 saturated carbocycles. The van der Waals surface area contributed by atoms with Crippen LogP contribution in [0.5, 0.6) is 0 Å². The van der Waals surface area contributed by atoms with E-state index in [9.17, 15) is 4.79 Å². The minimum atomic E-state index is -0.0819. The third kappa shape index (κ3) is 4.96. The Morgan fingerprint density at radius 1 is 1.27 bits per heavy atom. The number of nitrogens with zero attached hydrogens (tertiary/aromatic N) is 1. The standard InChI is InChI=1S/C20H18BrClN2O2/c1-13(14-5-7-17(22)8-6-14)24-19(25)9-10-20-23-12-18(26-20)15-3-2-4-16(21)11-15/h2-8,11-13H,9-10H2,1H3,(H,24,25)/t13-/m1/s1. The summed E-state index contributed by atoms with van der Waals surface area (Å²) in [5, 5.41) is 3.65. The maximum absolute atomic E-state index is 12.2. The van der Waals surface area contributed by atoms with Crippen molar-refractivity contribution in [3.05, 3.63) is 75.7 Å². The molecule has 3 rings (SSSR count). The quantitative estimate of drug-likeness (QED) is 0.553. The highest BCUT2D eigenvalue weighted by molar-refractivity contribution is 9.10. The van der Waals surface area contributed by atoms with Gasteiger partial charge < -0.3 is 9.73 Å². The Kier molecular flexibility index (Phi) is 6.12. The molecule has 6 heteroatoms. The van der Waals surface area contributed by atoms with Crippen LogP contribution in [0.4, 0.5) is 0 Å². The fraction of sp³-hybridized carbons (Fsp3) is 0.200. The van der Waals surface area contributed by atoms with Crippen molar-refractivity contribution in [1.82, 2.24) is 10.3 Å². The maximum Gasteiger partial charge on any atom is 0.220 e. The van der Waals surface area contributed by atoms with Gasteiger partial charge in [-0.3, -0.25) is 4.79 Å². The molecule has 3 aromatic rings. The van der Waals surface area contributed by atoms with Gasteiger partial charge in [0.15, 0.2) is 11.7 Å². The summed E-state index contributed by atoms with van der Waals surface area (Å²) in [6.07, 6.45) is 2.45. The van der Waals surface area contributed by atoms with Crippen molar-refractivity contribution in [3.63, 3.8) is 0 Å². The van der Waals surface area contributed by atoms with E-state index in [2.05, 4.69) is 26.2 Å². The number of aryl methyl sites for hydroxylation is 1. The summed E-state index contributed by atoms with van der Waals surface area (Å²) in [4.78, 5) is 16.4. The molecule has 0 bridgehead atoms. The largest absolute Gasteiger partial charge is 0.441 e. The van der Waals surface area contributed by atoms with Gasteiger partial charge in [0.05, 0.1) is 12.2 Å². The van der Waals surface area contributed by atoms with Crippen molar-refractivity contribution >= 4 is 33.4 Å². The van der Waals surface area contributed by atoms with Gasteiger partial charge in [0, 0.05) is 27.9 Å². The van der Waals surface area contributed by atoms with Gasteiger partial charge in [-0.15, -0.1) is 0 Å². The fourth-order valence-corrected chi connectivity index (χ4v) is 3.10. The van der Waals surface area contributed by atoms with E-state index in [1.54, 1.807) is 6.20 Å². The molecule has 1 aromatic heterocycles. The molecule has 1 heterocycles. The van der Waals surface area contributed by atoms with E-state index in [0.717, 1.165) is 15.6 Å². The maximum atomic E-state index is 12.2. The molecule has 0 fully saturated rings. The molecule has 0 aliphatic rings. The minimum absolute atomic E-state index is 0.0466. The van der Waals surface area contributed by atoms with Gasteiger partial charge >= 0.3 is 0 Å². The molecule has 1 atom stereocenters. The van der Waals surface area contributed by atoms with Crippen LogP contribution in [-0.4, -0.2) is 10.9 Å². The molecule has 26 heavy (non-hydrogen) atoms. The first kappa shape index (κ1) is 18.7. The highest BCUT2D eigenvalue weighted by atomic mass is 79.9. The lowest BCUT2D eigenvalue weighted by Gasteiger charge is -2.14. The predicted molar refractivity (Wildman–Crippen MR) is 106 cm³/mol. The van der Waals surface area contributed by atoms with E-state index in [-0.39, 0.29) is 11.9 Å². The number of nitrogens with one attached hydrogen (secondary N) is 1. The molecule has 0 spiro atoms. The lowest BCUT2D eigenvalue weighted by atomic mass is 10.1. The predicted octanol–water partition coefficient (Wildman–Crippen LogP) is 5.57. The molecular weight excluding hydrogens is 416 g/mol. The van der Waals surface area contributed by atoms with Crippen LogP contribution in [0.25, 0.3) is 11.3 Å². The summed E-state index contributed by atoms with van der Waals surface area (Å²) in [5.41, 5.74) is 1.95. The molecule has 0 radical (unpaired) electrons. The van der Waals surface area contributed by atoms with E-state index in [1.165, 1.54) is 0 Å². The first-order chi connectivity index (χ1) is 12.5. The second kappa shape index (κ2) is 8.52. The van der Waals surface area contributed by atoms with E-state index in [4.69, 9.17) is 16.0 Å². The van der Waals surface area contributed by atoms with Crippen molar-refractivity contribution in [3.8, 4) is 11.3 Å². The Labute approximate surface area is 165 Å². The number of amides is 1. The van der Waals surface area contributed by atoms with Gasteiger partial charge in [-0.05, 0) is 36.8 Å². The number of benzene rings is 2. The molecule has 0 saturated heterocycles. The number of hydrogen-bond donors (Lipinski definition) is 1. The molecule has 0 aliphatic heterocycles. The molecule has 4 nitrogen and oxygen atoms in total. The topological polar surface area (TPSA) is 55.1 Å². The van der Waals surface area contributed by atoms with Crippen LogP contribution in [-0.2, 0) is 11.2 Å². The monoisotopic (exact) mass is 432 g/mol. The minimum Gasteiger partial charge on any atom is -0.441 e. The summed E-state index contributed by atoms with van der Waals surface area (Å²) in [5.74, 6) is 1.19. The van der Waals surface area contributed by atoms with Crippen molar-refractivity contribution in [2.75, 3.05) is 0 Å². The molecule has 0 unspecified atom stereocenters. The summed E-state index contributed by atoms with van der Waals surface area (Å²) in [7, 11) is 0. The number of carbonyl (C=O) groups excluding carboxylic acids is 1. The summed E-state index contributed by atoms with van der Waals surface area (Å²) in [6.45, 7) is 1.94. The molecular formula is C20H18BrClN2O2. The SMILES string of the molecule is C[C@@H](NC(=O)CCc1ncc(-c2cccc(Br)c2)o1)c1ccc(Cl)cc1. The Balaban J connectivity index is 1.54. The number of carbonyl (C=O) groups is 1. The van der Waals surface area contributed by atoms with Crippen LogP contribution >= 0.6 is 27.5 Å². The van der Waals surface area contributed by atoms with E-state index >= 15 is 0 Å². The van der Waals surface area contributed by atoms with Crippen molar-refractivity contribution in [1.29, 1.82) is 0 Å². The molecule has 1 N–H and O–H groups in total. The first-order valence-electron chi connectivity index (χ1n) is 8.27. The smallest absolute Gasteiger partial charge is 0.220 e. The summed E-state index contributed by atoms with van der Waals surface area (Å²) in [6, 6.07) is 15.2. The van der Waals surface area contributed by atoms with Gasteiger partial charge in [-0.1, -0.05) is 51.8 Å². The molecule has 1 amide bonds. The van der Waals surface area contributed by atoms with Crippen LogP contribution < -0.4 is 5.32 Å². The van der Waals surface area contributed by atoms with Crippen molar-refractivity contribution in [2.45, 2.75) is 25.8 Å². The Hall–Kier alpha value is -2.11. The van der Waals surface area contributed by atoms with Gasteiger partial charge in [0.1, 0.15) is 0 Å². The van der Waals surface area contributed by atoms with E-state index in [0.29, 0.717) is 29.5 Å². The molecule has 2 aromatic carbocycles. The van der Waals surface area contributed by atoms with Crippen LogP contribution in [0.15, 0.2) is 63.6 Å². The van der Waals surface area contributed by atoms with Gasteiger partial charge in [0.2, 0.25) is 5.91 Å². The molecule has 134 valence electrons. The number of rotatable bonds is 6. The zero-order valence-electron chi connectivity index (χ0n) is 14.2. The van der Waals surface area contributed by atoms with E-state index in [1.807, 2.05) is 55.5 Å². The van der Waals surface area contributed by atoms with Crippen LogP contribution in [0.3, 0.4) is 0 Å². The normalized spacial score (nSPS) is 12.0. The Morgan fingerprint density at radius 3 is 2.77 bits per heavy atom. The summed E-state index contributed by atoms with van der Waals surface area (Å²) >= 11 is 9.33. The third-order valence-corrected chi connectivity index (χ3v) is 4.72. The zero-order chi connectivity index (χ0) is 18.5. The van der Waals surface area contributed by atoms with Crippen LogP contribution in [0.1, 0.15) is 30.8 Å². The zero-order valence-corrected chi connectivity index (χ0v) is 16.5. The highest BCUT2D eigenvalue weighted by Gasteiger charge is 2.12. The Morgan fingerprint density at radius 2 is 2.04 bits per heavy atom. The lowest BCUT2D eigenvalue weighted by molar-refractivity contribution is -0.121. The second-order valence-electron chi connectivity index (χ2n) is 5.97. The second-order valence-corrected chi connectivity index (χ2v) is 7.32. The van der Waals surface area contributed by atoms with Gasteiger partial charge in [0.25, 0.3) is 0 Å². The molecule has 0 aliphatic carbocycles.